The van der Waals surface area contributed by atoms with E-state index in [-0.39, 0.29) is 17.5 Å². The molecule has 3 unspecified atom stereocenters. The van der Waals surface area contributed by atoms with Crippen LogP contribution in [0, 0.1) is 20.8 Å². The van der Waals surface area contributed by atoms with Gasteiger partial charge in [0, 0.05) is 25.3 Å². The molecule has 3 atom stereocenters. The number of hydrogen-bond donors (Lipinski definition) is 2. The summed E-state index contributed by atoms with van der Waals surface area (Å²) in [4.78, 5) is 60.4. The van der Waals surface area contributed by atoms with E-state index < -0.39 is 76.2 Å². The summed E-state index contributed by atoms with van der Waals surface area (Å²) in [6, 6.07) is 6.64. The van der Waals surface area contributed by atoms with Gasteiger partial charge >= 0.3 is 18.2 Å². The lowest BCUT2D eigenvalue weighted by Gasteiger charge is -2.30. The van der Waals surface area contributed by atoms with Crippen molar-refractivity contribution < 1.29 is 46.5 Å². The topological polar surface area (TPSA) is 183 Å². The second kappa shape index (κ2) is 17.6. The number of nitrogens with one attached hydrogen (secondary N) is 2. The maximum absolute atomic E-state index is 13.8. The van der Waals surface area contributed by atoms with Gasteiger partial charge in [0.2, 0.25) is 10.0 Å². The monoisotopic (exact) mass is 775 g/mol. The number of aromatic nitrogens is 1. The average molecular weight is 776 g/mol. The Morgan fingerprint density at radius 1 is 0.889 bits per heavy atom. The largest absolute Gasteiger partial charge is 0.459 e. The summed E-state index contributed by atoms with van der Waals surface area (Å²) in [7, 11) is -4.37. The zero-order valence-corrected chi connectivity index (χ0v) is 34.4. The number of pyridine rings is 1. The number of imide groups is 1. The van der Waals surface area contributed by atoms with Crippen molar-refractivity contribution in [3.05, 3.63) is 53.2 Å². The van der Waals surface area contributed by atoms with Crippen LogP contribution in [0.15, 0.2) is 41.4 Å². The van der Waals surface area contributed by atoms with Crippen molar-refractivity contribution in [2.75, 3.05) is 31.1 Å². The van der Waals surface area contributed by atoms with Gasteiger partial charge in [0.1, 0.15) is 35.3 Å². The molecule has 15 nitrogen and oxygen atoms in total. The maximum atomic E-state index is 13.8. The summed E-state index contributed by atoms with van der Waals surface area (Å²) >= 11 is 0. The number of aryl methyl sites for hydroxylation is 3. The van der Waals surface area contributed by atoms with Gasteiger partial charge in [0.15, 0.2) is 0 Å². The molecule has 1 aliphatic heterocycles. The second-order valence-corrected chi connectivity index (χ2v) is 18.1. The molecule has 300 valence electrons. The number of carbonyl (C=O) groups is 4. The third-order valence-electron chi connectivity index (χ3n) is 7.71. The van der Waals surface area contributed by atoms with Gasteiger partial charge < -0.3 is 24.3 Å². The van der Waals surface area contributed by atoms with Crippen LogP contribution in [-0.2, 0) is 38.6 Å². The van der Waals surface area contributed by atoms with Crippen LogP contribution in [0.5, 0.6) is 0 Å². The molecule has 0 saturated carbocycles. The minimum absolute atomic E-state index is 0.0308. The lowest BCUT2D eigenvalue weighted by molar-refractivity contribution is -0.157. The Morgan fingerprint density at radius 3 is 2.00 bits per heavy atom. The molecule has 54 heavy (non-hydrogen) atoms. The molecular formula is C38H57N5O10S. The summed E-state index contributed by atoms with van der Waals surface area (Å²) in [5.41, 5.74) is -1.04. The fourth-order valence-electron chi connectivity index (χ4n) is 5.78. The Kier molecular flexibility index (Phi) is 14.4. The number of esters is 1. The predicted molar refractivity (Wildman–Crippen MR) is 203 cm³/mol. The van der Waals surface area contributed by atoms with E-state index in [0.717, 1.165) is 5.56 Å². The Balaban J connectivity index is 1.83. The number of sulfonamides is 1. The van der Waals surface area contributed by atoms with E-state index in [0.29, 0.717) is 34.8 Å². The fraction of sp³-hybridized carbons (Fsp3) is 0.605. The van der Waals surface area contributed by atoms with E-state index in [9.17, 15) is 27.6 Å². The van der Waals surface area contributed by atoms with Crippen molar-refractivity contribution in [1.82, 2.24) is 19.9 Å². The predicted octanol–water partition coefficient (Wildman–Crippen LogP) is 4.95. The molecule has 0 radical (unpaired) electrons. The quantitative estimate of drug-likeness (QED) is 0.219. The number of carbonyl (C=O) groups excluding carboxylic acids is 4. The van der Waals surface area contributed by atoms with Crippen LogP contribution >= 0.6 is 0 Å². The van der Waals surface area contributed by atoms with Gasteiger partial charge in [0.05, 0.1) is 17.5 Å². The van der Waals surface area contributed by atoms with E-state index in [1.54, 1.807) is 113 Å². The van der Waals surface area contributed by atoms with Gasteiger partial charge in [-0.25, -0.2) is 27.9 Å². The molecule has 1 aliphatic rings. The average Bonchev–Trinajstić information content (AvgIpc) is 3.45. The van der Waals surface area contributed by atoms with Crippen LogP contribution in [0.3, 0.4) is 0 Å². The van der Waals surface area contributed by atoms with Crippen molar-refractivity contribution in [3.8, 4) is 0 Å². The normalized spacial score (nSPS) is 17.0. The number of ether oxygens (including phenoxy) is 4. The molecule has 2 N–H and O–H groups in total. The molecule has 2 aromatic rings. The fourth-order valence-corrected chi connectivity index (χ4v) is 7.40. The number of anilines is 1. The highest BCUT2D eigenvalue weighted by Crippen LogP contribution is 2.24. The Morgan fingerprint density at radius 2 is 1.46 bits per heavy atom. The molecular weight excluding hydrogens is 719 g/mol. The highest BCUT2D eigenvalue weighted by atomic mass is 32.2. The maximum Gasteiger partial charge on any atom is 0.417 e. The van der Waals surface area contributed by atoms with Crippen molar-refractivity contribution >= 4 is 39.9 Å². The summed E-state index contributed by atoms with van der Waals surface area (Å²) in [5, 5.41) is 3.30. The highest BCUT2D eigenvalue weighted by molar-refractivity contribution is 7.89. The SMILES string of the molecule is Cc1cc(C)c(S(=O)(=O)NC(CN(C(=O)COC2CNC(CN(C(=O)OC(C)(C)C)c3ccccn3)C2)C(=O)OC(C)(C)C)C(=O)OC(C)(C)C)c(C)c1. The van der Waals surface area contributed by atoms with Crippen LogP contribution in [-0.4, -0.2) is 104 Å². The van der Waals surface area contributed by atoms with Gasteiger partial charge in [-0.1, -0.05) is 23.8 Å². The van der Waals surface area contributed by atoms with E-state index in [1.165, 1.54) is 4.90 Å². The number of benzene rings is 1. The Hall–Kier alpha value is -4.12. The van der Waals surface area contributed by atoms with Gasteiger partial charge in [-0.15, -0.1) is 0 Å². The number of rotatable bonds is 12. The Bertz CT molecular complexity index is 1740. The molecule has 1 fully saturated rings. The summed E-state index contributed by atoms with van der Waals surface area (Å²) < 4.78 is 52.7. The first-order valence-electron chi connectivity index (χ1n) is 17.9. The molecule has 3 rings (SSSR count). The van der Waals surface area contributed by atoms with Crippen molar-refractivity contribution in [1.29, 1.82) is 0 Å². The molecule has 16 heteroatoms. The minimum Gasteiger partial charge on any atom is -0.459 e. The number of nitrogens with zero attached hydrogens (tertiary/aromatic N) is 3. The van der Waals surface area contributed by atoms with Gasteiger partial charge in [-0.3, -0.25) is 14.5 Å². The first kappa shape index (κ1) is 44.3. The molecule has 0 spiro atoms. The molecule has 2 heterocycles. The van der Waals surface area contributed by atoms with Crippen LogP contribution in [0.25, 0.3) is 0 Å². The van der Waals surface area contributed by atoms with Crippen LogP contribution in [0.1, 0.15) is 85.4 Å². The zero-order valence-electron chi connectivity index (χ0n) is 33.6. The van der Waals surface area contributed by atoms with E-state index in [4.69, 9.17) is 18.9 Å². The molecule has 0 aliphatic carbocycles. The van der Waals surface area contributed by atoms with E-state index in [2.05, 4.69) is 15.0 Å². The van der Waals surface area contributed by atoms with E-state index >= 15 is 0 Å². The van der Waals surface area contributed by atoms with Crippen molar-refractivity contribution in [2.24, 2.45) is 0 Å². The summed E-state index contributed by atoms with van der Waals surface area (Å²) in [5.74, 6) is -1.46. The zero-order chi connectivity index (χ0) is 40.8. The molecule has 1 aromatic heterocycles. The first-order chi connectivity index (χ1) is 24.7. The smallest absolute Gasteiger partial charge is 0.417 e. The minimum atomic E-state index is -4.37. The van der Waals surface area contributed by atoms with Crippen molar-refractivity contribution in [3.63, 3.8) is 0 Å². The molecule has 3 amide bonds. The Labute approximate surface area is 319 Å². The number of hydrogen-bond acceptors (Lipinski definition) is 12. The first-order valence-corrected chi connectivity index (χ1v) is 19.4. The third kappa shape index (κ3) is 13.6. The lowest BCUT2D eigenvalue weighted by atomic mass is 10.1. The third-order valence-corrected chi connectivity index (χ3v) is 9.49. The molecule has 0 bridgehead atoms. The van der Waals surface area contributed by atoms with E-state index in [1.807, 2.05) is 6.92 Å². The number of amides is 3. The highest BCUT2D eigenvalue weighted by Gasteiger charge is 2.38. The van der Waals surface area contributed by atoms with Crippen molar-refractivity contribution in [2.45, 2.75) is 129 Å². The summed E-state index contributed by atoms with van der Waals surface area (Å²) in [6.07, 6.45) is -0.209. The van der Waals surface area contributed by atoms with Gasteiger partial charge in [0.25, 0.3) is 5.91 Å². The summed E-state index contributed by atoms with van der Waals surface area (Å²) in [6.45, 7) is 19.3. The standard InChI is InChI=1S/C38H57N5O10S/c1-24-17-25(2)32(26(3)18-24)54(48,49)41-29(33(45)51-36(4,5)6)22-43(35(47)53-38(10,11)12)31(44)23-50-28-19-27(40-20-28)21-42(30-15-13-14-16-39-30)34(46)52-37(7,8)9/h13-18,27-29,40-41H,19-23H2,1-12H3. The molecule has 1 saturated heterocycles. The van der Waals surface area contributed by atoms with Crippen LogP contribution < -0.4 is 14.9 Å². The lowest BCUT2D eigenvalue weighted by Crippen LogP contribution is -2.54. The molecule has 1 aromatic carbocycles. The second-order valence-electron chi connectivity index (χ2n) is 16.5. The van der Waals surface area contributed by atoms with Gasteiger partial charge in [-0.2, -0.15) is 4.72 Å². The van der Waals surface area contributed by atoms with Crippen LogP contribution in [0.4, 0.5) is 15.4 Å². The van der Waals surface area contributed by atoms with Gasteiger partial charge in [-0.05, 0) is 113 Å². The van der Waals surface area contributed by atoms with Crippen LogP contribution in [0.2, 0.25) is 0 Å².